The monoisotopic (exact) mass is 250 g/mol. The average molecular weight is 250 g/mol. The molecule has 2 rings (SSSR count). The van der Waals surface area contributed by atoms with Gasteiger partial charge in [0.05, 0.1) is 5.56 Å². The largest absolute Gasteiger partial charge is 0.372 e. The Labute approximate surface area is 101 Å². The van der Waals surface area contributed by atoms with Gasteiger partial charge in [0.2, 0.25) is 0 Å². The van der Waals surface area contributed by atoms with Crippen LogP contribution >= 0.6 is 11.3 Å². The van der Waals surface area contributed by atoms with E-state index in [1.54, 1.807) is 11.4 Å². The second-order valence-electron chi connectivity index (χ2n) is 3.41. The minimum Gasteiger partial charge on any atom is -0.372 e. The molecular weight excluding hydrogens is 242 g/mol. The Kier molecular flexibility index (Phi) is 3.35. The predicted octanol–water partition coefficient (Wildman–Crippen LogP) is 3.51. The van der Waals surface area contributed by atoms with Crippen molar-refractivity contribution in [2.45, 2.75) is 6.54 Å². The van der Waals surface area contributed by atoms with Crippen LogP contribution in [0.2, 0.25) is 0 Å². The van der Waals surface area contributed by atoms with Gasteiger partial charge in [-0.3, -0.25) is 0 Å². The highest BCUT2D eigenvalue weighted by Gasteiger charge is 2.04. The van der Waals surface area contributed by atoms with Gasteiger partial charge in [-0.15, -0.1) is 11.3 Å². The van der Waals surface area contributed by atoms with Gasteiger partial charge in [-0.1, -0.05) is 0 Å². The fourth-order valence-corrected chi connectivity index (χ4v) is 2.17. The Morgan fingerprint density at radius 3 is 2.59 bits per heavy atom. The van der Waals surface area contributed by atoms with Crippen molar-refractivity contribution in [1.29, 1.82) is 5.26 Å². The molecule has 1 heterocycles. The second-order valence-corrected chi connectivity index (χ2v) is 4.32. The minimum atomic E-state index is -0.603. The Bertz CT molecular complexity index is 552. The van der Waals surface area contributed by atoms with E-state index in [2.05, 4.69) is 5.32 Å². The van der Waals surface area contributed by atoms with E-state index >= 15 is 0 Å². The average Bonchev–Trinajstić information content (AvgIpc) is 2.72. The molecule has 0 aliphatic rings. The van der Waals surface area contributed by atoms with Crippen LogP contribution in [0.25, 0.3) is 0 Å². The molecule has 0 aliphatic heterocycles. The molecule has 0 fully saturated rings. The number of anilines is 1. The topological polar surface area (TPSA) is 35.8 Å². The van der Waals surface area contributed by atoms with E-state index in [1.807, 2.05) is 6.07 Å². The number of nitrogens with zero attached hydrogens (tertiary/aromatic N) is 1. The third-order valence-corrected chi connectivity index (χ3v) is 3.03. The summed E-state index contributed by atoms with van der Waals surface area (Å²) in [7, 11) is 0. The first-order valence-electron chi connectivity index (χ1n) is 4.85. The number of hydrogen-bond acceptors (Lipinski definition) is 3. The van der Waals surface area contributed by atoms with Crippen molar-refractivity contribution in [3.8, 4) is 6.07 Å². The molecule has 0 atom stereocenters. The number of benzene rings is 1. The molecule has 0 bridgehead atoms. The van der Waals surface area contributed by atoms with E-state index in [4.69, 9.17) is 5.26 Å². The van der Waals surface area contributed by atoms with Crippen LogP contribution in [0.1, 0.15) is 11.1 Å². The highest BCUT2D eigenvalue weighted by Crippen LogP contribution is 2.23. The second kappa shape index (κ2) is 4.93. The number of nitriles is 1. The summed E-state index contributed by atoms with van der Waals surface area (Å²) in [4.78, 5) is 0. The number of hydrogen-bond donors (Lipinski definition) is 1. The van der Waals surface area contributed by atoms with E-state index in [9.17, 15) is 8.78 Å². The van der Waals surface area contributed by atoms with Crippen LogP contribution in [-0.2, 0) is 6.54 Å². The molecular formula is C12H8F2N2S. The van der Waals surface area contributed by atoms with E-state index in [1.165, 1.54) is 23.5 Å². The van der Waals surface area contributed by atoms with Gasteiger partial charge in [0.25, 0.3) is 0 Å². The van der Waals surface area contributed by atoms with Crippen LogP contribution in [0.5, 0.6) is 0 Å². The molecule has 1 aromatic heterocycles. The molecule has 0 spiro atoms. The molecule has 1 N–H and O–H groups in total. The normalized spacial score (nSPS) is 9.94. The van der Waals surface area contributed by atoms with Crippen molar-refractivity contribution in [1.82, 2.24) is 0 Å². The highest BCUT2D eigenvalue weighted by molar-refractivity contribution is 7.14. The fourth-order valence-electron chi connectivity index (χ4n) is 1.43. The van der Waals surface area contributed by atoms with Gasteiger partial charge in [0.1, 0.15) is 22.7 Å². The highest BCUT2D eigenvalue weighted by atomic mass is 32.1. The SMILES string of the molecule is N#Cc1ccsc1NCc1cc(F)cc(F)c1. The number of halogens is 2. The smallest absolute Gasteiger partial charge is 0.126 e. The molecule has 0 amide bonds. The van der Waals surface area contributed by atoms with Gasteiger partial charge in [-0.05, 0) is 29.1 Å². The summed E-state index contributed by atoms with van der Waals surface area (Å²) in [6, 6.07) is 7.08. The van der Waals surface area contributed by atoms with Gasteiger partial charge >= 0.3 is 0 Å². The lowest BCUT2D eigenvalue weighted by Gasteiger charge is -2.05. The van der Waals surface area contributed by atoms with Crippen LogP contribution in [0.3, 0.4) is 0 Å². The molecule has 0 saturated carbocycles. The van der Waals surface area contributed by atoms with Crippen LogP contribution in [-0.4, -0.2) is 0 Å². The van der Waals surface area contributed by atoms with E-state index in [0.717, 1.165) is 6.07 Å². The lowest BCUT2D eigenvalue weighted by Crippen LogP contribution is -2.00. The first-order valence-corrected chi connectivity index (χ1v) is 5.73. The van der Waals surface area contributed by atoms with Gasteiger partial charge in [0, 0.05) is 12.6 Å². The van der Waals surface area contributed by atoms with Gasteiger partial charge < -0.3 is 5.32 Å². The Morgan fingerprint density at radius 1 is 1.24 bits per heavy atom. The zero-order valence-corrected chi connectivity index (χ0v) is 9.52. The van der Waals surface area contributed by atoms with Crippen LogP contribution in [0.15, 0.2) is 29.6 Å². The van der Waals surface area contributed by atoms with Crippen molar-refractivity contribution >= 4 is 16.3 Å². The van der Waals surface area contributed by atoms with Crippen LogP contribution in [0, 0.1) is 23.0 Å². The molecule has 17 heavy (non-hydrogen) atoms. The summed E-state index contributed by atoms with van der Waals surface area (Å²) in [6.07, 6.45) is 0. The molecule has 0 saturated heterocycles. The molecule has 5 heteroatoms. The molecule has 2 nitrogen and oxygen atoms in total. The minimum absolute atomic E-state index is 0.282. The van der Waals surface area contributed by atoms with E-state index in [-0.39, 0.29) is 6.54 Å². The van der Waals surface area contributed by atoms with E-state index < -0.39 is 11.6 Å². The number of nitrogens with one attached hydrogen (secondary N) is 1. The van der Waals surface area contributed by atoms with Crippen molar-refractivity contribution in [2.75, 3.05) is 5.32 Å². The zero-order valence-electron chi connectivity index (χ0n) is 8.71. The summed E-state index contributed by atoms with van der Waals surface area (Å²) in [5, 5.41) is 14.3. The third kappa shape index (κ3) is 2.80. The van der Waals surface area contributed by atoms with Crippen LogP contribution < -0.4 is 5.32 Å². The summed E-state index contributed by atoms with van der Waals surface area (Å²) < 4.78 is 25.8. The summed E-state index contributed by atoms with van der Waals surface area (Å²) in [5.41, 5.74) is 1.03. The maximum Gasteiger partial charge on any atom is 0.126 e. The summed E-state index contributed by atoms with van der Waals surface area (Å²) in [6.45, 7) is 0.282. The van der Waals surface area contributed by atoms with Crippen LogP contribution in [0.4, 0.5) is 13.8 Å². The molecule has 1 aromatic carbocycles. The van der Waals surface area contributed by atoms with Crippen molar-refractivity contribution in [3.05, 3.63) is 52.4 Å². The van der Waals surface area contributed by atoms with E-state index in [0.29, 0.717) is 16.1 Å². The zero-order chi connectivity index (χ0) is 12.3. The standard InChI is InChI=1S/C12H8F2N2S/c13-10-3-8(4-11(14)5-10)7-16-12-9(6-15)1-2-17-12/h1-5,16H,7H2. The van der Waals surface area contributed by atoms with Gasteiger partial charge in [-0.25, -0.2) is 8.78 Å². The Hall–Kier alpha value is -1.93. The number of rotatable bonds is 3. The Balaban J connectivity index is 2.10. The summed E-state index contributed by atoms with van der Waals surface area (Å²) in [5.74, 6) is -1.21. The van der Waals surface area contributed by atoms with Crippen molar-refractivity contribution in [2.24, 2.45) is 0 Å². The molecule has 86 valence electrons. The first kappa shape index (κ1) is 11.6. The number of thiophene rings is 1. The maximum atomic E-state index is 12.9. The summed E-state index contributed by atoms with van der Waals surface area (Å²) >= 11 is 1.38. The third-order valence-electron chi connectivity index (χ3n) is 2.16. The molecule has 0 aliphatic carbocycles. The predicted molar refractivity (Wildman–Crippen MR) is 62.7 cm³/mol. The first-order chi connectivity index (χ1) is 8.19. The maximum absolute atomic E-state index is 12.9. The van der Waals surface area contributed by atoms with Crippen molar-refractivity contribution < 1.29 is 8.78 Å². The fraction of sp³-hybridized carbons (Fsp3) is 0.0833. The quantitative estimate of drug-likeness (QED) is 0.904. The molecule has 0 unspecified atom stereocenters. The lowest BCUT2D eigenvalue weighted by molar-refractivity contribution is 0.580. The molecule has 2 aromatic rings. The van der Waals surface area contributed by atoms with Crippen molar-refractivity contribution in [3.63, 3.8) is 0 Å². The van der Waals surface area contributed by atoms with Gasteiger partial charge in [-0.2, -0.15) is 5.26 Å². The Morgan fingerprint density at radius 2 is 1.94 bits per heavy atom. The van der Waals surface area contributed by atoms with Gasteiger partial charge in [0.15, 0.2) is 0 Å². The molecule has 0 radical (unpaired) electrons. The lowest BCUT2D eigenvalue weighted by atomic mass is 10.2.